The highest BCUT2D eigenvalue weighted by molar-refractivity contribution is 6.40. The number of hydrogen-bond acceptors (Lipinski definition) is 4. The SMILES string of the molecule is N#Cc1cc(Cl)c(C(=O)Nc2ccnc(NC(=O)[C@@H]3C[C@H]3F)c2)c(Cl)c1. The maximum Gasteiger partial charge on any atom is 0.258 e. The number of nitrogens with one attached hydrogen (secondary N) is 2. The van der Waals surface area contributed by atoms with Crippen LogP contribution in [0.3, 0.4) is 0 Å². The summed E-state index contributed by atoms with van der Waals surface area (Å²) in [7, 11) is 0. The first kappa shape index (κ1) is 18.1. The van der Waals surface area contributed by atoms with Crippen LogP contribution in [0.25, 0.3) is 0 Å². The molecule has 0 unspecified atom stereocenters. The lowest BCUT2D eigenvalue weighted by Crippen LogP contribution is -2.17. The zero-order valence-electron chi connectivity index (χ0n) is 13.1. The molecule has 2 aromatic rings. The Morgan fingerprint density at radius 2 is 1.88 bits per heavy atom. The molecule has 1 fully saturated rings. The Labute approximate surface area is 157 Å². The van der Waals surface area contributed by atoms with E-state index in [-0.39, 0.29) is 33.4 Å². The molecule has 1 saturated carbocycles. The highest BCUT2D eigenvalue weighted by Crippen LogP contribution is 2.34. The molecule has 0 saturated heterocycles. The third-order valence-electron chi connectivity index (χ3n) is 3.72. The minimum atomic E-state index is -1.11. The van der Waals surface area contributed by atoms with Crippen LogP contribution in [-0.2, 0) is 4.79 Å². The average Bonchev–Trinajstić information content (AvgIpc) is 3.31. The first-order valence-electron chi connectivity index (χ1n) is 7.50. The van der Waals surface area contributed by atoms with E-state index in [1.807, 2.05) is 6.07 Å². The average molecular weight is 393 g/mol. The molecule has 1 heterocycles. The normalized spacial score (nSPS) is 17.9. The maximum absolute atomic E-state index is 12.9. The molecule has 6 nitrogen and oxygen atoms in total. The summed E-state index contributed by atoms with van der Waals surface area (Å²) in [4.78, 5) is 28.1. The molecule has 1 aliphatic rings. The first-order chi connectivity index (χ1) is 12.4. The van der Waals surface area contributed by atoms with Crippen LogP contribution in [0.4, 0.5) is 15.9 Å². The number of carbonyl (C=O) groups is 2. The van der Waals surface area contributed by atoms with Crippen LogP contribution < -0.4 is 10.6 Å². The van der Waals surface area contributed by atoms with E-state index >= 15 is 0 Å². The fraction of sp³-hybridized carbons (Fsp3) is 0.176. The van der Waals surface area contributed by atoms with Crippen molar-refractivity contribution in [2.45, 2.75) is 12.6 Å². The van der Waals surface area contributed by atoms with Crippen molar-refractivity contribution in [3.05, 3.63) is 51.6 Å². The minimum absolute atomic E-state index is 0.0213. The van der Waals surface area contributed by atoms with Gasteiger partial charge in [0.15, 0.2) is 0 Å². The quantitative estimate of drug-likeness (QED) is 0.826. The second-order valence-electron chi connectivity index (χ2n) is 5.66. The second-order valence-corrected chi connectivity index (χ2v) is 6.47. The van der Waals surface area contributed by atoms with Gasteiger partial charge in [-0.15, -0.1) is 0 Å². The van der Waals surface area contributed by atoms with Gasteiger partial charge in [0.25, 0.3) is 5.91 Å². The molecule has 0 spiro atoms. The zero-order chi connectivity index (χ0) is 18.8. The Bertz CT molecular complexity index is 922. The molecule has 2 atom stereocenters. The van der Waals surface area contributed by atoms with Gasteiger partial charge in [-0.2, -0.15) is 5.26 Å². The lowest BCUT2D eigenvalue weighted by Gasteiger charge is -2.10. The highest BCUT2D eigenvalue weighted by Gasteiger charge is 2.43. The van der Waals surface area contributed by atoms with E-state index in [1.165, 1.54) is 30.5 Å². The molecule has 2 amide bonds. The molecular formula is C17H11Cl2FN4O2. The third kappa shape index (κ3) is 3.93. The van der Waals surface area contributed by atoms with Crippen LogP contribution in [0.1, 0.15) is 22.3 Å². The standard InChI is InChI=1S/C17H11Cl2FN4O2/c18-11-3-8(7-21)4-12(19)15(11)17(26)23-9-1-2-22-14(5-9)24-16(25)10-6-13(10)20/h1-5,10,13H,6H2,(H2,22,23,24,25,26)/t10-,13-/m1/s1. The molecule has 3 rings (SSSR count). The molecule has 26 heavy (non-hydrogen) atoms. The van der Waals surface area contributed by atoms with E-state index in [4.69, 9.17) is 28.5 Å². The van der Waals surface area contributed by atoms with E-state index in [2.05, 4.69) is 15.6 Å². The van der Waals surface area contributed by atoms with Crippen molar-refractivity contribution in [1.29, 1.82) is 5.26 Å². The highest BCUT2D eigenvalue weighted by atomic mass is 35.5. The van der Waals surface area contributed by atoms with Gasteiger partial charge < -0.3 is 10.6 Å². The lowest BCUT2D eigenvalue weighted by atomic mass is 10.1. The number of anilines is 2. The van der Waals surface area contributed by atoms with E-state index in [0.717, 1.165) is 0 Å². The van der Waals surface area contributed by atoms with Crippen molar-refractivity contribution in [1.82, 2.24) is 4.98 Å². The summed E-state index contributed by atoms with van der Waals surface area (Å²) in [6, 6.07) is 7.50. The van der Waals surface area contributed by atoms with Gasteiger partial charge in [0.05, 0.1) is 33.2 Å². The fourth-order valence-corrected chi connectivity index (χ4v) is 2.94. The van der Waals surface area contributed by atoms with E-state index in [1.54, 1.807) is 0 Å². The van der Waals surface area contributed by atoms with Gasteiger partial charge in [-0.1, -0.05) is 23.2 Å². The number of amides is 2. The number of halogens is 3. The van der Waals surface area contributed by atoms with Gasteiger partial charge in [0, 0.05) is 18.0 Å². The molecule has 1 aromatic carbocycles. The minimum Gasteiger partial charge on any atom is -0.322 e. The van der Waals surface area contributed by atoms with E-state index in [9.17, 15) is 14.0 Å². The van der Waals surface area contributed by atoms with Crippen molar-refractivity contribution in [3.63, 3.8) is 0 Å². The van der Waals surface area contributed by atoms with Gasteiger partial charge in [-0.05, 0) is 24.6 Å². The molecule has 0 bridgehead atoms. The van der Waals surface area contributed by atoms with Gasteiger partial charge in [0.1, 0.15) is 12.0 Å². The summed E-state index contributed by atoms with van der Waals surface area (Å²) < 4.78 is 12.9. The Hall–Kier alpha value is -2.69. The molecule has 2 N–H and O–H groups in total. The van der Waals surface area contributed by atoms with Gasteiger partial charge in [0.2, 0.25) is 5.91 Å². The monoisotopic (exact) mass is 392 g/mol. The maximum atomic E-state index is 12.9. The third-order valence-corrected chi connectivity index (χ3v) is 4.31. The largest absolute Gasteiger partial charge is 0.322 e. The Morgan fingerprint density at radius 1 is 1.23 bits per heavy atom. The summed E-state index contributed by atoms with van der Waals surface area (Å²) in [5, 5.41) is 14.0. The van der Waals surface area contributed by atoms with E-state index in [0.29, 0.717) is 5.69 Å². The molecule has 132 valence electrons. The van der Waals surface area contributed by atoms with Crippen molar-refractivity contribution in [3.8, 4) is 6.07 Å². The molecule has 0 radical (unpaired) electrons. The summed E-state index contributed by atoms with van der Waals surface area (Å²) in [6.45, 7) is 0. The van der Waals surface area contributed by atoms with Gasteiger partial charge in [-0.3, -0.25) is 9.59 Å². The molecular weight excluding hydrogens is 382 g/mol. The van der Waals surface area contributed by atoms with Crippen molar-refractivity contribution in [2.75, 3.05) is 10.6 Å². The topological polar surface area (TPSA) is 94.9 Å². The van der Waals surface area contributed by atoms with Crippen LogP contribution in [0, 0.1) is 17.2 Å². The first-order valence-corrected chi connectivity index (χ1v) is 8.26. The van der Waals surface area contributed by atoms with Gasteiger partial charge in [-0.25, -0.2) is 9.37 Å². The predicted octanol–water partition coefficient (Wildman–Crippen LogP) is 3.81. The zero-order valence-corrected chi connectivity index (χ0v) is 14.6. The number of pyridine rings is 1. The number of carbonyl (C=O) groups excluding carboxylic acids is 2. The Morgan fingerprint density at radius 3 is 2.46 bits per heavy atom. The molecule has 1 aliphatic carbocycles. The number of nitriles is 1. The molecule has 0 aliphatic heterocycles. The van der Waals surface area contributed by atoms with Crippen LogP contribution in [0.5, 0.6) is 0 Å². The lowest BCUT2D eigenvalue weighted by molar-refractivity contribution is -0.117. The van der Waals surface area contributed by atoms with Gasteiger partial charge >= 0.3 is 0 Å². The Balaban J connectivity index is 1.75. The fourth-order valence-electron chi connectivity index (χ4n) is 2.28. The van der Waals surface area contributed by atoms with E-state index < -0.39 is 23.9 Å². The Kier molecular flexibility index (Phi) is 5.07. The van der Waals surface area contributed by atoms with Crippen molar-refractivity contribution >= 4 is 46.5 Å². The number of hydrogen-bond donors (Lipinski definition) is 2. The number of alkyl halides is 1. The summed E-state index contributed by atoms with van der Waals surface area (Å²) >= 11 is 12.1. The smallest absolute Gasteiger partial charge is 0.258 e. The van der Waals surface area contributed by atoms with Crippen LogP contribution in [0.15, 0.2) is 30.5 Å². The van der Waals surface area contributed by atoms with Crippen molar-refractivity contribution in [2.24, 2.45) is 5.92 Å². The summed E-state index contributed by atoms with van der Waals surface area (Å²) in [5.41, 5.74) is 0.592. The number of rotatable bonds is 4. The molecule has 1 aromatic heterocycles. The van der Waals surface area contributed by atoms with Crippen LogP contribution in [0.2, 0.25) is 10.0 Å². The number of nitrogens with zero attached hydrogens (tertiary/aromatic N) is 2. The summed E-state index contributed by atoms with van der Waals surface area (Å²) in [5.74, 6) is -1.50. The summed E-state index contributed by atoms with van der Waals surface area (Å²) in [6.07, 6.45) is 0.476. The molecule has 9 heteroatoms. The van der Waals surface area contributed by atoms with Crippen LogP contribution in [-0.4, -0.2) is 23.0 Å². The number of aromatic nitrogens is 1. The second kappa shape index (κ2) is 7.28. The van der Waals surface area contributed by atoms with Crippen LogP contribution >= 0.6 is 23.2 Å². The van der Waals surface area contributed by atoms with Crippen molar-refractivity contribution < 1.29 is 14.0 Å². The predicted molar refractivity (Wildman–Crippen MR) is 95.0 cm³/mol. The number of benzene rings is 1.